The molecule has 1 aliphatic heterocycles. The lowest BCUT2D eigenvalue weighted by molar-refractivity contribution is -0.128. The van der Waals surface area contributed by atoms with Gasteiger partial charge in [0, 0.05) is 24.3 Å². The summed E-state index contributed by atoms with van der Waals surface area (Å²) in [6, 6.07) is 10.7. The van der Waals surface area contributed by atoms with Gasteiger partial charge in [0.05, 0.1) is 5.75 Å². The molecule has 0 N–H and O–H groups in total. The molecule has 0 radical (unpaired) electrons. The maximum atomic E-state index is 12.6. The van der Waals surface area contributed by atoms with E-state index >= 15 is 0 Å². The van der Waals surface area contributed by atoms with Crippen LogP contribution in [0.4, 0.5) is 0 Å². The van der Waals surface area contributed by atoms with Gasteiger partial charge in [-0.3, -0.25) is 4.79 Å². The van der Waals surface area contributed by atoms with Crippen LogP contribution in [0.1, 0.15) is 56.4 Å². The fourth-order valence-electron chi connectivity index (χ4n) is 3.70. The van der Waals surface area contributed by atoms with Crippen molar-refractivity contribution in [3.8, 4) is 0 Å². The zero-order valence-electron chi connectivity index (χ0n) is 13.4. The standard InChI is InChI=1S/C19H27NOS/c21-19(15-22-18-11-4-5-12-18)20-13-7-6-10-17(14-20)16-8-2-1-3-9-16/h1-3,8-9,17-18H,4-7,10-15H2/t17-/m1/s1. The lowest BCUT2D eigenvalue weighted by atomic mass is 9.94. The normalized spacial score (nSPS) is 23.5. The Labute approximate surface area is 138 Å². The SMILES string of the molecule is O=C(CSC1CCCC1)N1CCCC[C@@H](c2ccccc2)C1. The van der Waals surface area contributed by atoms with Crippen LogP contribution < -0.4 is 0 Å². The Morgan fingerprint density at radius 2 is 1.77 bits per heavy atom. The minimum absolute atomic E-state index is 0.361. The monoisotopic (exact) mass is 317 g/mol. The minimum Gasteiger partial charge on any atom is -0.341 e. The van der Waals surface area contributed by atoms with E-state index in [9.17, 15) is 4.79 Å². The third-order valence-corrected chi connectivity index (χ3v) is 6.40. The predicted octanol–water partition coefficient (Wildman–Crippen LogP) is 4.46. The summed E-state index contributed by atoms with van der Waals surface area (Å²) in [5, 5.41) is 0.737. The van der Waals surface area contributed by atoms with Crippen LogP contribution in [-0.4, -0.2) is 34.9 Å². The maximum absolute atomic E-state index is 12.6. The number of thioether (sulfide) groups is 1. The van der Waals surface area contributed by atoms with E-state index in [0.717, 1.165) is 24.8 Å². The summed E-state index contributed by atoms with van der Waals surface area (Å²) >= 11 is 1.90. The van der Waals surface area contributed by atoms with E-state index in [1.54, 1.807) is 0 Å². The van der Waals surface area contributed by atoms with Gasteiger partial charge < -0.3 is 4.90 Å². The molecule has 1 heterocycles. The maximum Gasteiger partial charge on any atom is 0.232 e. The van der Waals surface area contributed by atoms with E-state index in [4.69, 9.17) is 0 Å². The number of nitrogens with zero attached hydrogens (tertiary/aromatic N) is 1. The summed E-state index contributed by atoms with van der Waals surface area (Å²) in [7, 11) is 0. The van der Waals surface area contributed by atoms with Crippen LogP contribution in [0, 0.1) is 0 Å². The molecule has 0 bridgehead atoms. The van der Waals surface area contributed by atoms with Crippen molar-refractivity contribution in [1.82, 2.24) is 4.90 Å². The average molecular weight is 317 g/mol. The molecule has 120 valence electrons. The van der Waals surface area contributed by atoms with Crippen molar-refractivity contribution in [1.29, 1.82) is 0 Å². The van der Waals surface area contributed by atoms with Crippen molar-refractivity contribution in [3.63, 3.8) is 0 Å². The van der Waals surface area contributed by atoms with Gasteiger partial charge in [-0.15, -0.1) is 11.8 Å². The summed E-state index contributed by atoms with van der Waals surface area (Å²) in [4.78, 5) is 14.7. The largest absolute Gasteiger partial charge is 0.341 e. The number of amides is 1. The summed E-state index contributed by atoms with van der Waals surface area (Å²) in [6.07, 6.45) is 8.93. The molecule has 1 aromatic carbocycles. The van der Waals surface area contributed by atoms with E-state index in [-0.39, 0.29) is 0 Å². The quantitative estimate of drug-likeness (QED) is 0.817. The summed E-state index contributed by atoms with van der Waals surface area (Å²) in [5.41, 5.74) is 1.39. The molecule has 1 amide bonds. The molecule has 1 aliphatic carbocycles. The Kier molecular flexibility index (Phi) is 5.82. The van der Waals surface area contributed by atoms with Gasteiger partial charge >= 0.3 is 0 Å². The molecule has 1 aromatic rings. The fraction of sp³-hybridized carbons (Fsp3) is 0.632. The topological polar surface area (TPSA) is 20.3 Å². The molecular formula is C19H27NOS. The highest BCUT2D eigenvalue weighted by Crippen LogP contribution is 2.30. The Bertz CT molecular complexity index is 470. The second-order valence-corrected chi connectivity index (χ2v) is 7.95. The molecule has 22 heavy (non-hydrogen) atoms. The summed E-state index contributed by atoms with van der Waals surface area (Å²) in [5.74, 6) is 1.57. The van der Waals surface area contributed by atoms with Crippen LogP contribution in [0.3, 0.4) is 0 Å². The first-order chi connectivity index (χ1) is 10.8. The minimum atomic E-state index is 0.361. The summed E-state index contributed by atoms with van der Waals surface area (Å²) < 4.78 is 0. The molecule has 3 heteroatoms. The number of benzene rings is 1. The van der Waals surface area contributed by atoms with Crippen LogP contribution in [-0.2, 0) is 4.79 Å². The van der Waals surface area contributed by atoms with Crippen LogP contribution >= 0.6 is 11.8 Å². The van der Waals surface area contributed by atoms with E-state index in [2.05, 4.69) is 35.2 Å². The Hall–Kier alpha value is -0.960. The number of hydrogen-bond donors (Lipinski definition) is 0. The van der Waals surface area contributed by atoms with Crippen molar-refractivity contribution in [2.24, 2.45) is 0 Å². The Morgan fingerprint density at radius 3 is 2.55 bits per heavy atom. The fourth-order valence-corrected chi connectivity index (χ4v) is 4.93. The van der Waals surface area contributed by atoms with Crippen LogP contribution in [0.15, 0.2) is 30.3 Å². The van der Waals surface area contributed by atoms with Gasteiger partial charge in [-0.1, -0.05) is 49.6 Å². The molecule has 0 unspecified atom stereocenters. The lowest BCUT2D eigenvalue weighted by Crippen LogP contribution is -2.35. The first-order valence-corrected chi connectivity index (χ1v) is 9.82. The molecule has 2 nitrogen and oxygen atoms in total. The number of rotatable bonds is 4. The molecule has 2 fully saturated rings. The van der Waals surface area contributed by atoms with Crippen molar-refractivity contribution in [3.05, 3.63) is 35.9 Å². The van der Waals surface area contributed by atoms with Crippen LogP contribution in [0.2, 0.25) is 0 Å². The van der Waals surface area contributed by atoms with Gasteiger partial charge in [0.15, 0.2) is 0 Å². The van der Waals surface area contributed by atoms with Gasteiger partial charge in [0.25, 0.3) is 0 Å². The van der Waals surface area contributed by atoms with Crippen molar-refractivity contribution >= 4 is 17.7 Å². The first kappa shape index (κ1) is 15.9. The number of carbonyl (C=O) groups excluding carboxylic acids is 1. The average Bonchev–Trinajstić information content (AvgIpc) is 2.96. The van der Waals surface area contributed by atoms with E-state index in [0.29, 0.717) is 17.6 Å². The van der Waals surface area contributed by atoms with Gasteiger partial charge in [-0.2, -0.15) is 0 Å². The molecule has 1 atom stereocenters. The number of hydrogen-bond acceptors (Lipinski definition) is 2. The molecule has 1 saturated carbocycles. The number of likely N-dealkylation sites (tertiary alicyclic amines) is 1. The van der Waals surface area contributed by atoms with Crippen molar-refractivity contribution in [2.75, 3.05) is 18.8 Å². The van der Waals surface area contributed by atoms with Crippen LogP contribution in [0.25, 0.3) is 0 Å². The smallest absolute Gasteiger partial charge is 0.232 e. The Morgan fingerprint density at radius 1 is 1.05 bits per heavy atom. The van der Waals surface area contributed by atoms with Crippen molar-refractivity contribution < 1.29 is 4.79 Å². The molecule has 1 saturated heterocycles. The van der Waals surface area contributed by atoms with E-state index in [1.807, 2.05) is 11.8 Å². The highest BCUT2D eigenvalue weighted by molar-refractivity contribution is 8.00. The molecule has 0 spiro atoms. The third-order valence-electron chi connectivity index (χ3n) is 5.04. The van der Waals surface area contributed by atoms with Crippen molar-refractivity contribution in [2.45, 2.75) is 56.1 Å². The second-order valence-electron chi connectivity index (χ2n) is 6.66. The predicted molar refractivity (Wildman–Crippen MR) is 94.3 cm³/mol. The Balaban J connectivity index is 1.56. The van der Waals surface area contributed by atoms with Gasteiger partial charge in [-0.05, 0) is 31.2 Å². The highest BCUT2D eigenvalue weighted by atomic mass is 32.2. The van der Waals surface area contributed by atoms with Gasteiger partial charge in [-0.25, -0.2) is 0 Å². The zero-order valence-corrected chi connectivity index (χ0v) is 14.2. The molecule has 0 aromatic heterocycles. The number of carbonyl (C=O) groups is 1. The highest BCUT2D eigenvalue weighted by Gasteiger charge is 2.24. The molecule has 3 rings (SSSR count). The molecular weight excluding hydrogens is 290 g/mol. The lowest BCUT2D eigenvalue weighted by Gasteiger charge is -2.25. The van der Waals surface area contributed by atoms with Gasteiger partial charge in [0.2, 0.25) is 5.91 Å². The van der Waals surface area contributed by atoms with E-state index < -0.39 is 0 Å². The zero-order chi connectivity index (χ0) is 15.2. The van der Waals surface area contributed by atoms with Gasteiger partial charge in [0.1, 0.15) is 0 Å². The first-order valence-electron chi connectivity index (χ1n) is 8.77. The third kappa shape index (κ3) is 4.28. The van der Waals surface area contributed by atoms with Crippen LogP contribution in [0.5, 0.6) is 0 Å². The van der Waals surface area contributed by atoms with E-state index in [1.165, 1.54) is 44.1 Å². The second kappa shape index (κ2) is 8.05. The summed E-state index contributed by atoms with van der Waals surface area (Å²) in [6.45, 7) is 1.86. The molecule has 2 aliphatic rings.